The lowest BCUT2D eigenvalue weighted by Crippen LogP contribution is -2.25. The molecule has 0 saturated carbocycles. The minimum absolute atomic E-state index is 0.117. The van der Waals surface area contributed by atoms with Crippen molar-refractivity contribution in [2.24, 2.45) is 0 Å². The van der Waals surface area contributed by atoms with E-state index in [1.54, 1.807) is 0 Å². The van der Waals surface area contributed by atoms with Crippen LogP contribution in [0.15, 0.2) is 36.9 Å². The lowest BCUT2D eigenvalue weighted by atomic mass is 10.2. The molecule has 0 bridgehead atoms. The number of nitrogens with one attached hydrogen (secondary N) is 2. The van der Waals surface area contributed by atoms with Crippen molar-refractivity contribution in [3.8, 4) is 0 Å². The molecule has 0 aromatic heterocycles. The molecule has 0 atom stereocenters. The molecule has 1 fully saturated rings. The molecule has 0 unspecified atom stereocenters. The number of carbonyl (C=O) groups excluding carboxylic acids is 2. The van der Waals surface area contributed by atoms with E-state index in [-0.39, 0.29) is 18.2 Å². The zero-order valence-corrected chi connectivity index (χ0v) is 12.1. The van der Waals surface area contributed by atoms with Crippen molar-refractivity contribution in [2.75, 3.05) is 29.9 Å². The zero-order valence-electron chi connectivity index (χ0n) is 12.1. The third-order valence-electron chi connectivity index (χ3n) is 3.46. The van der Waals surface area contributed by atoms with Gasteiger partial charge in [-0.15, -0.1) is 0 Å². The maximum absolute atomic E-state index is 11.7. The van der Waals surface area contributed by atoms with Crippen molar-refractivity contribution in [1.29, 1.82) is 0 Å². The van der Waals surface area contributed by atoms with Gasteiger partial charge in [-0.25, -0.2) is 0 Å². The topological polar surface area (TPSA) is 61.4 Å². The maximum atomic E-state index is 11.7. The summed E-state index contributed by atoms with van der Waals surface area (Å²) < 4.78 is 0. The second-order valence-electron chi connectivity index (χ2n) is 5.03. The molecule has 5 nitrogen and oxygen atoms in total. The summed E-state index contributed by atoms with van der Waals surface area (Å²) in [5.74, 6) is -0.383. The molecule has 2 amide bonds. The normalized spacial score (nSPS) is 13.8. The highest BCUT2D eigenvalue weighted by atomic mass is 16.2. The second kappa shape index (κ2) is 7.47. The zero-order chi connectivity index (χ0) is 15.1. The lowest BCUT2D eigenvalue weighted by Gasteiger charge is -2.17. The van der Waals surface area contributed by atoms with Gasteiger partial charge in [-0.1, -0.05) is 6.58 Å². The number of nitrogens with zero attached hydrogens (tertiary/aromatic N) is 1. The van der Waals surface area contributed by atoms with E-state index >= 15 is 0 Å². The first-order chi connectivity index (χ1) is 10.2. The van der Waals surface area contributed by atoms with Crippen molar-refractivity contribution >= 4 is 23.2 Å². The van der Waals surface area contributed by atoms with E-state index < -0.39 is 0 Å². The van der Waals surface area contributed by atoms with Gasteiger partial charge in [0.1, 0.15) is 0 Å². The average Bonchev–Trinajstić information content (AvgIpc) is 3.02. The molecule has 21 heavy (non-hydrogen) atoms. The molecular weight excluding hydrogens is 266 g/mol. The van der Waals surface area contributed by atoms with Crippen LogP contribution >= 0.6 is 0 Å². The molecule has 1 aromatic rings. The standard InChI is InChI=1S/C16H21N3O2/c1-2-15(20)17-10-9-16(21)18-13-5-7-14(8-6-13)19-11-3-4-12-19/h2,5-8H,1,3-4,9-12H2,(H,17,20)(H,18,21). The van der Waals surface area contributed by atoms with E-state index in [1.807, 2.05) is 24.3 Å². The first-order valence-corrected chi connectivity index (χ1v) is 7.24. The number of hydrogen-bond donors (Lipinski definition) is 2. The summed E-state index contributed by atoms with van der Waals surface area (Å²) in [6.07, 6.45) is 3.92. The Labute approximate surface area is 125 Å². The van der Waals surface area contributed by atoms with Crippen molar-refractivity contribution in [2.45, 2.75) is 19.3 Å². The monoisotopic (exact) mass is 287 g/mol. The van der Waals surface area contributed by atoms with E-state index in [2.05, 4.69) is 22.1 Å². The quantitative estimate of drug-likeness (QED) is 0.786. The van der Waals surface area contributed by atoms with Crippen LogP contribution in [0.3, 0.4) is 0 Å². The van der Waals surface area contributed by atoms with E-state index in [9.17, 15) is 9.59 Å². The summed E-state index contributed by atoms with van der Waals surface area (Å²) in [5.41, 5.74) is 1.97. The van der Waals surface area contributed by atoms with Crippen LogP contribution in [0.5, 0.6) is 0 Å². The number of carbonyl (C=O) groups is 2. The molecule has 112 valence electrons. The van der Waals surface area contributed by atoms with Crippen molar-refractivity contribution in [3.05, 3.63) is 36.9 Å². The van der Waals surface area contributed by atoms with Crippen LogP contribution in [0, 0.1) is 0 Å². The third kappa shape index (κ3) is 4.63. The minimum Gasteiger partial charge on any atom is -0.372 e. The van der Waals surface area contributed by atoms with Gasteiger partial charge in [0.15, 0.2) is 0 Å². The molecule has 0 spiro atoms. The van der Waals surface area contributed by atoms with Gasteiger partial charge >= 0.3 is 0 Å². The van der Waals surface area contributed by atoms with E-state index in [4.69, 9.17) is 0 Å². The second-order valence-corrected chi connectivity index (χ2v) is 5.03. The van der Waals surface area contributed by atoms with Crippen molar-refractivity contribution in [3.63, 3.8) is 0 Å². The Hall–Kier alpha value is -2.30. The van der Waals surface area contributed by atoms with Crippen molar-refractivity contribution < 1.29 is 9.59 Å². The molecule has 5 heteroatoms. The molecule has 0 aliphatic carbocycles. The third-order valence-corrected chi connectivity index (χ3v) is 3.46. The Bertz CT molecular complexity index is 505. The molecule has 0 radical (unpaired) electrons. The van der Waals surface area contributed by atoms with Gasteiger partial charge in [0.2, 0.25) is 11.8 Å². The number of benzene rings is 1. The summed E-state index contributed by atoms with van der Waals surface area (Å²) in [5, 5.41) is 5.39. The number of amides is 2. The Balaban J connectivity index is 1.78. The molecule has 1 aliphatic rings. The molecule has 1 aliphatic heterocycles. The first kappa shape index (κ1) is 15.1. The van der Waals surface area contributed by atoms with Crippen LogP contribution in [-0.4, -0.2) is 31.4 Å². The van der Waals surface area contributed by atoms with Crippen LogP contribution in [-0.2, 0) is 9.59 Å². The van der Waals surface area contributed by atoms with Gasteiger partial charge in [-0.05, 0) is 43.2 Å². The number of rotatable bonds is 6. The maximum Gasteiger partial charge on any atom is 0.243 e. The highest BCUT2D eigenvalue weighted by Gasteiger charge is 2.12. The summed E-state index contributed by atoms with van der Waals surface area (Å²) >= 11 is 0. The van der Waals surface area contributed by atoms with Crippen molar-refractivity contribution in [1.82, 2.24) is 5.32 Å². The summed E-state index contributed by atoms with van der Waals surface area (Å²) in [6, 6.07) is 7.88. The molecule has 1 heterocycles. The largest absolute Gasteiger partial charge is 0.372 e. The van der Waals surface area contributed by atoms with Gasteiger partial charge in [0.05, 0.1) is 0 Å². The molecule has 2 N–H and O–H groups in total. The predicted octanol–water partition coefficient (Wildman–Crippen LogP) is 1.92. The van der Waals surface area contributed by atoms with Crippen LogP contribution in [0.1, 0.15) is 19.3 Å². The summed E-state index contributed by atoms with van der Waals surface area (Å²) in [6.45, 7) is 5.87. The van der Waals surface area contributed by atoms with Crippen LogP contribution in [0.4, 0.5) is 11.4 Å². The Morgan fingerprint density at radius 1 is 1.19 bits per heavy atom. The highest BCUT2D eigenvalue weighted by Crippen LogP contribution is 2.21. The van der Waals surface area contributed by atoms with Crippen LogP contribution < -0.4 is 15.5 Å². The van der Waals surface area contributed by atoms with E-state index in [1.165, 1.54) is 24.6 Å². The summed E-state index contributed by atoms with van der Waals surface area (Å²) in [7, 11) is 0. The molecule has 1 aromatic carbocycles. The fourth-order valence-corrected chi connectivity index (χ4v) is 2.33. The SMILES string of the molecule is C=CC(=O)NCCC(=O)Nc1ccc(N2CCCC2)cc1. The highest BCUT2D eigenvalue weighted by molar-refractivity contribution is 5.92. The number of hydrogen-bond acceptors (Lipinski definition) is 3. The Morgan fingerprint density at radius 3 is 2.48 bits per heavy atom. The molecule has 2 rings (SSSR count). The fourth-order valence-electron chi connectivity index (χ4n) is 2.33. The van der Waals surface area contributed by atoms with Gasteiger partial charge in [0.25, 0.3) is 0 Å². The van der Waals surface area contributed by atoms with Gasteiger partial charge < -0.3 is 15.5 Å². The van der Waals surface area contributed by atoms with Crippen LogP contribution in [0.25, 0.3) is 0 Å². The predicted molar refractivity (Wildman–Crippen MR) is 84.3 cm³/mol. The first-order valence-electron chi connectivity index (χ1n) is 7.24. The number of anilines is 2. The Kier molecular flexibility index (Phi) is 5.37. The Morgan fingerprint density at radius 2 is 1.86 bits per heavy atom. The smallest absolute Gasteiger partial charge is 0.243 e. The average molecular weight is 287 g/mol. The van der Waals surface area contributed by atoms with Gasteiger partial charge in [-0.2, -0.15) is 0 Å². The van der Waals surface area contributed by atoms with Gasteiger partial charge in [0, 0.05) is 37.4 Å². The van der Waals surface area contributed by atoms with Crippen LogP contribution in [0.2, 0.25) is 0 Å². The van der Waals surface area contributed by atoms with E-state index in [0.29, 0.717) is 6.54 Å². The lowest BCUT2D eigenvalue weighted by molar-refractivity contribution is -0.117. The van der Waals surface area contributed by atoms with Gasteiger partial charge in [-0.3, -0.25) is 9.59 Å². The molecular formula is C16H21N3O2. The van der Waals surface area contributed by atoms with E-state index in [0.717, 1.165) is 18.8 Å². The fraction of sp³-hybridized carbons (Fsp3) is 0.375. The minimum atomic E-state index is -0.266. The summed E-state index contributed by atoms with van der Waals surface area (Å²) in [4.78, 5) is 25.0. The molecule has 1 saturated heterocycles.